The Kier molecular flexibility index (Phi) is 4.19. The molecule has 2 heterocycles. The van der Waals surface area contributed by atoms with E-state index in [0.29, 0.717) is 0 Å². The molecule has 0 amide bonds. The molecule has 0 fully saturated rings. The van der Waals surface area contributed by atoms with Gasteiger partial charge in [0.2, 0.25) is 0 Å². The van der Waals surface area contributed by atoms with Crippen molar-refractivity contribution in [3.8, 4) is 22.8 Å². The van der Waals surface area contributed by atoms with Gasteiger partial charge >= 0.3 is 0 Å². The first-order valence-corrected chi connectivity index (χ1v) is 8.11. The van der Waals surface area contributed by atoms with Crippen LogP contribution in [0, 0.1) is 13.8 Å². The van der Waals surface area contributed by atoms with E-state index < -0.39 is 0 Å². The van der Waals surface area contributed by atoms with Crippen molar-refractivity contribution in [2.24, 2.45) is 12.2 Å². The highest BCUT2D eigenvalue weighted by Gasteiger charge is 2.23. The smallest absolute Gasteiger partial charge is 0.138 e. The first-order chi connectivity index (χ1) is 11.5. The van der Waals surface area contributed by atoms with Gasteiger partial charge in [-0.2, -0.15) is 5.10 Å². The van der Waals surface area contributed by atoms with E-state index in [2.05, 4.69) is 26.2 Å². The van der Waals surface area contributed by atoms with E-state index in [4.69, 9.17) is 5.21 Å². The van der Waals surface area contributed by atoms with Gasteiger partial charge in [0.25, 0.3) is 0 Å². The van der Waals surface area contributed by atoms with E-state index in [1.54, 1.807) is 23.0 Å². The van der Waals surface area contributed by atoms with Gasteiger partial charge in [-0.15, -0.1) is 0 Å². The summed E-state index contributed by atoms with van der Waals surface area (Å²) in [5.74, 6) is 1.08. The van der Waals surface area contributed by atoms with Gasteiger partial charge in [-0.05, 0) is 65.2 Å². The van der Waals surface area contributed by atoms with Crippen LogP contribution in [0.25, 0.3) is 17.1 Å². The van der Waals surface area contributed by atoms with Crippen molar-refractivity contribution in [2.45, 2.75) is 13.8 Å². The lowest BCUT2D eigenvalue weighted by Crippen LogP contribution is -2.09. The van der Waals surface area contributed by atoms with Crippen molar-refractivity contribution < 1.29 is 10.3 Å². The minimum absolute atomic E-state index is 0.207. The highest BCUT2D eigenvalue weighted by molar-refractivity contribution is 9.10. The number of phenolic OH excluding ortho intramolecular Hbond substituents is 1. The number of halogens is 1. The fraction of sp³-hybridized carbons (Fsp3) is 0.176. The molecule has 0 bridgehead atoms. The maximum absolute atomic E-state index is 9.57. The van der Waals surface area contributed by atoms with Gasteiger partial charge in [0.05, 0.1) is 23.8 Å². The summed E-state index contributed by atoms with van der Waals surface area (Å²) in [5.41, 5.74) is 4.50. The molecule has 0 aliphatic heterocycles. The first kappa shape index (κ1) is 16.3. The van der Waals surface area contributed by atoms with Crippen molar-refractivity contribution in [1.29, 1.82) is 0 Å². The maximum atomic E-state index is 9.57. The van der Waals surface area contributed by atoms with Crippen LogP contribution in [0.1, 0.15) is 16.8 Å². The zero-order valence-electron chi connectivity index (χ0n) is 13.5. The van der Waals surface area contributed by atoms with Gasteiger partial charge in [-0.1, -0.05) is 5.16 Å². The third-order valence-electron chi connectivity index (χ3n) is 4.00. The summed E-state index contributed by atoms with van der Waals surface area (Å²) in [7, 11) is 1.87. The maximum Gasteiger partial charge on any atom is 0.138 e. The first-order valence-electron chi connectivity index (χ1n) is 7.32. The van der Waals surface area contributed by atoms with Crippen LogP contribution in [-0.4, -0.2) is 30.9 Å². The minimum Gasteiger partial charge on any atom is -0.508 e. The highest BCUT2D eigenvalue weighted by Crippen LogP contribution is 2.38. The molecule has 0 radical (unpaired) electrons. The SMILES string of the molecule is Cc1cnn(C)c1-n1c(/C=N/O)c(C)c(Br)c1-c1ccc(O)cc1. The van der Waals surface area contributed by atoms with Crippen molar-refractivity contribution in [1.82, 2.24) is 14.3 Å². The molecule has 2 N–H and O–H groups in total. The summed E-state index contributed by atoms with van der Waals surface area (Å²) in [5, 5.41) is 26.2. The van der Waals surface area contributed by atoms with Crippen LogP contribution < -0.4 is 0 Å². The van der Waals surface area contributed by atoms with Gasteiger partial charge in [0, 0.05) is 17.1 Å². The number of aryl methyl sites for hydroxylation is 2. The van der Waals surface area contributed by atoms with Crippen molar-refractivity contribution in [3.63, 3.8) is 0 Å². The predicted molar refractivity (Wildman–Crippen MR) is 96.2 cm³/mol. The topological polar surface area (TPSA) is 75.6 Å². The lowest BCUT2D eigenvalue weighted by Gasteiger charge is -2.14. The zero-order valence-corrected chi connectivity index (χ0v) is 15.1. The number of aromatic nitrogens is 3. The average molecular weight is 389 g/mol. The number of rotatable bonds is 3. The third kappa shape index (κ3) is 2.50. The molecular formula is C17H17BrN4O2. The third-order valence-corrected chi connectivity index (χ3v) is 4.97. The Balaban J connectivity index is 2.41. The summed E-state index contributed by atoms with van der Waals surface area (Å²) in [4.78, 5) is 0. The summed E-state index contributed by atoms with van der Waals surface area (Å²) < 4.78 is 4.66. The molecule has 0 spiro atoms. The standard InChI is InChI=1S/C17H17BrN4O2/c1-10-8-19-21(3)17(10)22-14(9-20-24)11(2)15(18)16(22)12-4-6-13(23)7-5-12/h4-9,23-24H,1-3H3/b20-9+. The van der Waals surface area contributed by atoms with Crippen LogP contribution in [0.5, 0.6) is 5.75 Å². The van der Waals surface area contributed by atoms with E-state index in [0.717, 1.165) is 38.4 Å². The highest BCUT2D eigenvalue weighted by atomic mass is 79.9. The molecule has 124 valence electrons. The largest absolute Gasteiger partial charge is 0.508 e. The number of benzene rings is 1. The van der Waals surface area contributed by atoms with Gasteiger partial charge in [-0.3, -0.25) is 9.25 Å². The molecular weight excluding hydrogens is 372 g/mol. The Morgan fingerprint density at radius 1 is 1.21 bits per heavy atom. The number of oxime groups is 1. The Hall–Kier alpha value is -2.54. The summed E-state index contributed by atoms with van der Waals surface area (Å²) in [6, 6.07) is 6.97. The Labute approximate surface area is 147 Å². The second kappa shape index (κ2) is 6.16. The molecule has 0 saturated carbocycles. The van der Waals surface area contributed by atoms with Gasteiger partial charge in [0.1, 0.15) is 11.6 Å². The van der Waals surface area contributed by atoms with E-state index in [9.17, 15) is 5.11 Å². The number of aromatic hydroxyl groups is 1. The van der Waals surface area contributed by atoms with Crippen LogP contribution in [0.3, 0.4) is 0 Å². The Bertz CT molecular complexity index is 904. The second-order valence-corrected chi connectivity index (χ2v) is 6.37. The van der Waals surface area contributed by atoms with E-state index in [-0.39, 0.29) is 5.75 Å². The van der Waals surface area contributed by atoms with E-state index in [1.165, 1.54) is 6.21 Å². The zero-order chi connectivity index (χ0) is 17.4. The molecule has 7 heteroatoms. The molecule has 0 saturated heterocycles. The van der Waals surface area contributed by atoms with Crippen molar-refractivity contribution in [2.75, 3.05) is 0 Å². The molecule has 0 atom stereocenters. The number of phenols is 1. The Morgan fingerprint density at radius 2 is 1.88 bits per heavy atom. The molecule has 0 aliphatic rings. The number of nitrogens with zero attached hydrogens (tertiary/aromatic N) is 4. The monoisotopic (exact) mass is 388 g/mol. The van der Waals surface area contributed by atoms with Crippen LogP contribution in [-0.2, 0) is 7.05 Å². The minimum atomic E-state index is 0.207. The van der Waals surface area contributed by atoms with Gasteiger partial charge in [0.15, 0.2) is 0 Å². The van der Waals surface area contributed by atoms with Crippen LogP contribution >= 0.6 is 15.9 Å². The Morgan fingerprint density at radius 3 is 2.42 bits per heavy atom. The van der Waals surface area contributed by atoms with Crippen LogP contribution in [0.4, 0.5) is 0 Å². The number of hydrogen-bond donors (Lipinski definition) is 2. The van der Waals surface area contributed by atoms with E-state index in [1.807, 2.05) is 37.6 Å². The fourth-order valence-electron chi connectivity index (χ4n) is 2.84. The molecule has 0 aliphatic carbocycles. The van der Waals surface area contributed by atoms with Crippen molar-refractivity contribution >= 4 is 22.1 Å². The number of hydrogen-bond acceptors (Lipinski definition) is 4. The van der Waals surface area contributed by atoms with Gasteiger partial charge < -0.3 is 10.3 Å². The molecule has 0 unspecified atom stereocenters. The van der Waals surface area contributed by atoms with Crippen LogP contribution in [0.15, 0.2) is 40.1 Å². The second-order valence-electron chi connectivity index (χ2n) is 5.57. The molecule has 3 aromatic rings. The quantitative estimate of drug-likeness (QED) is 0.407. The van der Waals surface area contributed by atoms with Gasteiger partial charge in [-0.25, -0.2) is 0 Å². The summed E-state index contributed by atoms with van der Waals surface area (Å²) in [6.45, 7) is 3.93. The molecule has 1 aromatic carbocycles. The lowest BCUT2D eigenvalue weighted by atomic mass is 10.1. The predicted octanol–water partition coefficient (Wildman–Crippen LogP) is 3.77. The molecule has 3 rings (SSSR count). The van der Waals surface area contributed by atoms with Crippen LogP contribution in [0.2, 0.25) is 0 Å². The normalized spacial score (nSPS) is 11.5. The summed E-state index contributed by atoms with van der Waals surface area (Å²) >= 11 is 3.66. The van der Waals surface area contributed by atoms with Crippen molar-refractivity contribution in [3.05, 3.63) is 51.8 Å². The summed E-state index contributed by atoms with van der Waals surface area (Å²) in [6.07, 6.45) is 3.20. The molecule has 2 aromatic heterocycles. The lowest BCUT2D eigenvalue weighted by molar-refractivity contribution is 0.321. The van der Waals surface area contributed by atoms with E-state index >= 15 is 0 Å². The molecule has 6 nitrogen and oxygen atoms in total. The molecule has 24 heavy (non-hydrogen) atoms. The average Bonchev–Trinajstić information content (AvgIpc) is 3.00. The fourth-order valence-corrected chi connectivity index (χ4v) is 3.45.